The van der Waals surface area contributed by atoms with Gasteiger partial charge in [0.1, 0.15) is 0 Å². The predicted molar refractivity (Wildman–Crippen MR) is 274 cm³/mol. The van der Waals surface area contributed by atoms with Gasteiger partial charge < -0.3 is 19.4 Å². The molecule has 4 nitrogen and oxygen atoms in total. The molecule has 65 heavy (non-hydrogen) atoms. The monoisotopic (exact) mass is 845 g/mol. The molecule has 0 spiro atoms. The van der Waals surface area contributed by atoms with Crippen molar-refractivity contribution in [2.75, 3.05) is 14.7 Å². The molecule has 3 aliphatic heterocycles. The predicted octanol–water partition coefficient (Wildman–Crippen LogP) is 15.2. The molecule has 5 aliphatic rings. The Bertz CT molecular complexity index is 2930. The molecule has 0 bridgehead atoms. The van der Waals surface area contributed by atoms with Crippen molar-refractivity contribution < 1.29 is 4.74 Å². The highest BCUT2D eigenvalue weighted by Crippen LogP contribution is 2.51. The maximum Gasteiger partial charge on any atom is 0.252 e. The molecule has 0 aromatic heterocycles. The minimum atomic E-state index is 0.0937. The summed E-state index contributed by atoms with van der Waals surface area (Å²) in [6.07, 6.45) is 18.1. The van der Waals surface area contributed by atoms with Crippen LogP contribution in [0.15, 0.2) is 181 Å². The van der Waals surface area contributed by atoms with Crippen LogP contribution in [0.5, 0.6) is 11.5 Å². The minimum Gasteiger partial charge on any atom is -0.453 e. The van der Waals surface area contributed by atoms with Gasteiger partial charge in [-0.25, -0.2) is 0 Å². The Morgan fingerprint density at radius 3 is 1.82 bits per heavy atom. The molecule has 5 heteroatoms. The van der Waals surface area contributed by atoms with Gasteiger partial charge in [-0.3, -0.25) is 0 Å². The Morgan fingerprint density at radius 1 is 0.492 bits per heavy atom. The number of allylic oxidation sites excluding steroid dienone is 4. The number of rotatable bonds is 7. The van der Waals surface area contributed by atoms with Crippen molar-refractivity contribution in [1.82, 2.24) is 0 Å². The Balaban J connectivity index is 1.06. The quantitative estimate of drug-likeness (QED) is 0.117. The van der Waals surface area contributed by atoms with Crippen LogP contribution in [0.4, 0.5) is 45.5 Å². The van der Waals surface area contributed by atoms with E-state index in [0.29, 0.717) is 11.8 Å². The highest BCUT2D eigenvalue weighted by Gasteiger charge is 2.44. The first-order valence-electron chi connectivity index (χ1n) is 24.3. The fraction of sp³-hybridized carbons (Fsp3) is 0.233. The third-order valence-corrected chi connectivity index (χ3v) is 15.2. The number of ether oxygens (including phenoxy) is 1. The molecule has 0 unspecified atom stereocenters. The van der Waals surface area contributed by atoms with Gasteiger partial charge in [-0.15, -0.1) is 0 Å². The van der Waals surface area contributed by atoms with Gasteiger partial charge in [0.05, 0.1) is 11.4 Å². The third kappa shape index (κ3) is 6.99. The second-order valence-electron chi connectivity index (χ2n) is 19.1. The van der Waals surface area contributed by atoms with Crippen molar-refractivity contribution in [2.24, 2.45) is 5.92 Å². The molecule has 0 amide bonds. The third-order valence-electron chi connectivity index (χ3n) is 15.2. The van der Waals surface area contributed by atoms with E-state index in [9.17, 15) is 0 Å². The van der Waals surface area contributed by atoms with Crippen LogP contribution in [0, 0.1) is 5.92 Å². The second-order valence-corrected chi connectivity index (χ2v) is 19.1. The lowest BCUT2D eigenvalue weighted by molar-refractivity contribution is 0.403. The molecule has 0 radical (unpaired) electrons. The molecule has 2 fully saturated rings. The van der Waals surface area contributed by atoms with Gasteiger partial charge in [0, 0.05) is 39.8 Å². The van der Waals surface area contributed by atoms with Crippen LogP contribution in [0.1, 0.15) is 89.5 Å². The van der Waals surface area contributed by atoms with E-state index in [-0.39, 0.29) is 6.71 Å². The fourth-order valence-corrected chi connectivity index (χ4v) is 11.9. The van der Waals surface area contributed by atoms with Crippen molar-refractivity contribution in [3.05, 3.63) is 187 Å². The molecule has 7 aromatic rings. The van der Waals surface area contributed by atoms with Crippen molar-refractivity contribution in [2.45, 2.75) is 84.0 Å². The van der Waals surface area contributed by atoms with Crippen molar-refractivity contribution in [3.63, 3.8) is 0 Å². The molecule has 0 saturated heterocycles. The Morgan fingerprint density at radius 2 is 1.09 bits per heavy atom. The summed E-state index contributed by atoms with van der Waals surface area (Å²) in [5.74, 6) is 3.01. The summed E-state index contributed by atoms with van der Waals surface area (Å²) in [5.41, 5.74) is 20.2. The van der Waals surface area contributed by atoms with Gasteiger partial charge in [-0.1, -0.05) is 135 Å². The topological polar surface area (TPSA) is 19.0 Å². The fourth-order valence-electron chi connectivity index (χ4n) is 11.9. The standard InChI is InChI=1S/C60H56BN3O/c1-41(43-18-6-3-7-19-43)30-31-42(2)62-53-37-34-46(44-20-8-4-9-21-44)38-51(53)61-50-24-12-13-25-52(50)63(48-22-10-5-11-23-48)57-40-47(39-56(62)60(57)61)45-32-35-49(36-33-45)64-54-26-14-16-28-58(54)65-59-29-17-15-27-55(59)64/h5,10-17,22-40,43-44H,3-4,6-9,18-21H2,1-2H3/b41-30+,42-31+. The zero-order valence-electron chi connectivity index (χ0n) is 37.7. The number of hydrogen-bond acceptors (Lipinski definition) is 4. The number of fused-ring (bicyclic) bond motifs is 6. The number of anilines is 8. The normalized spacial score (nSPS) is 17.1. The highest BCUT2D eigenvalue weighted by molar-refractivity contribution is 7.00. The van der Waals surface area contributed by atoms with E-state index in [1.807, 2.05) is 12.1 Å². The van der Waals surface area contributed by atoms with Crippen LogP contribution in [0.25, 0.3) is 11.1 Å². The molecule has 320 valence electrons. The SMILES string of the molecule is C/C(=C\C=C(/C)N1c2ccc(C3CCCCC3)cc2B2c3ccccc3N(c3ccccc3)c3cc(-c4ccc(N5c6ccccc6Oc6ccccc65)cc4)cc1c32)C1CCCCC1. The molecular weight excluding hydrogens is 789 g/mol. The molecule has 0 atom stereocenters. The van der Waals surface area contributed by atoms with Gasteiger partial charge in [-0.05, 0) is 163 Å². The number of hydrogen-bond donors (Lipinski definition) is 0. The van der Waals surface area contributed by atoms with E-state index in [4.69, 9.17) is 4.74 Å². The maximum atomic E-state index is 6.38. The second kappa shape index (κ2) is 16.7. The van der Waals surface area contributed by atoms with E-state index in [0.717, 1.165) is 28.6 Å². The Hall–Kier alpha value is -6.72. The van der Waals surface area contributed by atoms with Gasteiger partial charge in [-0.2, -0.15) is 0 Å². The maximum absolute atomic E-state index is 6.38. The van der Waals surface area contributed by atoms with E-state index in [1.54, 1.807) is 0 Å². The lowest BCUT2D eigenvalue weighted by atomic mass is 9.33. The van der Waals surface area contributed by atoms with Gasteiger partial charge in [0.2, 0.25) is 0 Å². The largest absolute Gasteiger partial charge is 0.453 e. The van der Waals surface area contributed by atoms with E-state index in [1.165, 1.54) is 137 Å². The minimum absolute atomic E-state index is 0.0937. The van der Waals surface area contributed by atoms with E-state index in [2.05, 4.69) is 186 Å². The van der Waals surface area contributed by atoms with E-state index < -0.39 is 0 Å². The first kappa shape index (κ1) is 39.8. The van der Waals surface area contributed by atoms with Crippen LogP contribution in [-0.4, -0.2) is 6.71 Å². The molecular formula is C60H56BN3O. The Labute approximate surface area is 385 Å². The summed E-state index contributed by atoms with van der Waals surface area (Å²) >= 11 is 0. The smallest absolute Gasteiger partial charge is 0.252 e. The summed E-state index contributed by atoms with van der Waals surface area (Å²) in [6, 6.07) is 58.6. The first-order chi connectivity index (χ1) is 32.1. The summed E-state index contributed by atoms with van der Waals surface area (Å²) in [5, 5.41) is 0. The van der Waals surface area contributed by atoms with Gasteiger partial charge in [0.15, 0.2) is 11.5 Å². The lowest BCUT2D eigenvalue weighted by Crippen LogP contribution is -2.61. The number of para-hydroxylation sites is 6. The summed E-state index contributed by atoms with van der Waals surface area (Å²) < 4.78 is 6.38. The summed E-state index contributed by atoms with van der Waals surface area (Å²) in [6.45, 7) is 4.79. The molecule has 2 aliphatic carbocycles. The molecule has 7 aromatic carbocycles. The van der Waals surface area contributed by atoms with Crippen LogP contribution >= 0.6 is 0 Å². The Kier molecular flexibility index (Phi) is 10.2. The number of benzene rings is 7. The first-order valence-corrected chi connectivity index (χ1v) is 24.3. The van der Waals surface area contributed by atoms with Crippen molar-refractivity contribution in [1.29, 1.82) is 0 Å². The summed E-state index contributed by atoms with van der Waals surface area (Å²) in [7, 11) is 0. The van der Waals surface area contributed by atoms with E-state index >= 15 is 0 Å². The average molecular weight is 846 g/mol. The van der Waals surface area contributed by atoms with Crippen molar-refractivity contribution >= 4 is 68.6 Å². The molecule has 2 saturated carbocycles. The number of nitrogens with zero attached hydrogens (tertiary/aromatic N) is 3. The van der Waals surface area contributed by atoms with Crippen molar-refractivity contribution in [3.8, 4) is 22.6 Å². The molecule has 3 heterocycles. The van der Waals surface area contributed by atoms with Gasteiger partial charge >= 0.3 is 0 Å². The van der Waals surface area contributed by atoms with Crippen LogP contribution < -0.4 is 35.8 Å². The van der Waals surface area contributed by atoms with Crippen LogP contribution in [0.3, 0.4) is 0 Å². The van der Waals surface area contributed by atoms with Crippen LogP contribution in [0.2, 0.25) is 0 Å². The zero-order valence-corrected chi connectivity index (χ0v) is 37.7. The molecule has 0 N–H and O–H groups in total. The molecule has 12 rings (SSSR count). The zero-order chi connectivity index (χ0) is 43.4. The van der Waals surface area contributed by atoms with Gasteiger partial charge in [0.25, 0.3) is 6.71 Å². The summed E-state index contributed by atoms with van der Waals surface area (Å²) in [4.78, 5) is 7.46. The average Bonchev–Trinajstić information content (AvgIpc) is 3.37. The highest BCUT2D eigenvalue weighted by atomic mass is 16.5. The van der Waals surface area contributed by atoms with Crippen LogP contribution in [-0.2, 0) is 0 Å². The lowest BCUT2D eigenvalue weighted by Gasteiger charge is -2.45.